The number of methoxy groups -OCH3 is 2. The van der Waals surface area contributed by atoms with E-state index in [1.54, 1.807) is 24.3 Å². The van der Waals surface area contributed by atoms with Gasteiger partial charge in [-0.15, -0.1) is 0 Å². The summed E-state index contributed by atoms with van der Waals surface area (Å²) in [4.78, 5) is 35.7. The van der Waals surface area contributed by atoms with Crippen LogP contribution in [0.4, 0.5) is 0 Å². The molecule has 9 heteroatoms. The van der Waals surface area contributed by atoms with Gasteiger partial charge in [0.25, 0.3) is 5.91 Å². The van der Waals surface area contributed by atoms with E-state index in [4.69, 9.17) is 18.9 Å². The molecule has 1 aliphatic heterocycles. The number of ether oxygens (including phenoxy) is 5. The molecule has 0 aromatic heterocycles. The highest BCUT2D eigenvalue weighted by molar-refractivity contribution is 5.93. The first kappa shape index (κ1) is 21.0. The number of rotatable bonds is 7. The molecule has 1 amide bonds. The Balaban J connectivity index is 1.52. The Hall–Kier alpha value is -3.75. The molecule has 2 aromatic carbocycles. The van der Waals surface area contributed by atoms with E-state index in [9.17, 15) is 14.4 Å². The molecule has 0 unspecified atom stereocenters. The number of esters is 2. The Morgan fingerprint density at radius 1 is 0.967 bits per heavy atom. The number of benzene rings is 2. The van der Waals surface area contributed by atoms with Crippen molar-refractivity contribution in [1.29, 1.82) is 0 Å². The monoisotopic (exact) mass is 415 g/mol. The lowest BCUT2D eigenvalue weighted by Crippen LogP contribution is -2.28. The summed E-state index contributed by atoms with van der Waals surface area (Å²) in [6.45, 7) is 0.516. The van der Waals surface area contributed by atoms with Crippen molar-refractivity contribution in [2.45, 2.75) is 6.54 Å². The molecule has 158 valence electrons. The maximum absolute atomic E-state index is 12.3. The van der Waals surface area contributed by atoms with E-state index in [1.165, 1.54) is 26.4 Å². The van der Waals surface area contributed by atoms with Crippen molar-refractivity contribution in [3.8, 4) is 17.2 Å². The average Bonchev–Trinajstić information content (AvgIpc) is 2.80. The zero-order valence-electron chi connectivity index (χ0n) is 16.6. The predicted octanol–water partition coefficient (Wildman–Crippen LogP) is 1.73. The molecule has 2 aromatic rings. The minimum absolute atomic E-state index is 0.183. The number of carbonyl (C=O) groups is 3. The van der Waals surface area contributed by atoms with Crippen LogP contribution >= 0.6 is 0 Å². The van der Waals surface area contributed by atoms with Crippen LogP contribution in [-0.4, -0.2) is 51.9 Å². The number of nitrogens with one attached hydrogen (secondary N) is 1. The molecule has 1 N–H and O–H groups in total. The van der Waals surface area contributed by atoms with Crippen molar-refractivity contribution >= 4 is 17.8 Å². The zero-order valence-corrected chi connectivity index (χ0v) is 16.6. The van der Waals surface area contributed by atoms with E-state index in [0.29, 0.717) is 36.0 Å². The predicted molar refractivity (Wildman–Crippen MR) is 104 cm³/mol. The summed E-state index contributed by atoms with van der Waals surface area (Å²) in [5, 5.41) is 2.64. The quantitative estimate of drug-likeness (QED) is 0.681. The molecule has 0 atom stereocenters. The lowest BCUT2D eigenvalue weighted by atomic mass is 10.1. The van der Waals surface area contributed by atoms with Gasteiger partial charge < -0.3 is 29.0 Å². The first-order valence-electron chi connectivity index (χ1n) is 9.10. The van der Waals surface area contributed by atoms with Crippen molar-refractivity contribution < 1.29 is 38.1 Å². The van der Waals surface area contributed by atoms with Gasteiger partial charge in [0.1, 0.15) is 13.2 Å². The van der Waals surface area contributed by atoms with Crippen molar-refractivity contribution in [3.63, 3.8) is 0 Å². The Labute approximate surface area is 172 Å². The van der Waals surface area contributed by atoms with Crippen molar-refractivity contribution in [2.24, 2.45) is 0 Å². The second-order valence-corrected chi connectivity index (χ2v) is 6.24. The fraction of sp³-hybridized carbons (Fsp3) is 0.286. The standard InChI is InChI=1S/C21H21NO8/c1-26-16-9-15(10-17-19(16)29-8-7-28-17)21(25)30-12-18(23)22-11-13-3-5-14(6-4-13)20(24)27-2/h3-6,9-10H,7-8,11-12H2,1-2H3,(H,22,23). The lowest BCUT2D eigenvalue weighted by Gasteiger charge is -2.21. The molecule has 0 bridgehead atoms. The van der Waals surface area contributed by atoms with Crippen molar-refractivity contribution in [3.05, 3.63) is 53.1 Å². The zero-order chi connectivity index (χ0) is 21.5. The summed E-state index contributed by atoms with van der Waals surface area (Å²) < 4.78 is 25.9. The Morgan fingerprint density at radius 2 is 1.70 bits per heavy atom. The van der Waals surface area contributed by atoms with Crippen LogP contribution in [0.3, 0.4) is 0 Å². The Kier molecular flexibility index (Phi) is 6.74. The highest BCUT2D eigenvalue weighted by Gasteiger charge is 2.22. The van der Waals surface area contributed by atoms with E-state index in [1.807, 2.05) is 0 Å². The number of carbonyl (C=O) groups excluding carboxylic acids is 3. The van der Waals surface area contributed by atoms with E-state index in [-0.39, 0.29) is 12.1 Å². The van der Waals surface area contributed by atoms with Crippen molar-refractivity contribution in [1.82, 2.24) is 5.32 Å². The lowest BCUT2D eigenvalue weighted by molar-refractivity contribution is -0.124. The average molecular weight is 415 g/mol. The van der Waals surface area contributed by atoms with Gasteiger partial charge in [-0.25, -0.2) is 9.59 Å². The maximum Gasteiger partial charge on any atom is 0.338 e. The van der Waals surface area contributed by atoms with Crippen LogP contribution in [0.5, 0.6) is 17.2 Å². The summed E-state index contributed by atoms with van der Waals surface area (Å²) >= 11 is 0. The molecule has 3 rings (SSSR count). The maximum atomic E-state index is 12.3. The third-order valence-electron chi connectivity index (χ3n) is 4.26. The minimum atomic E-state index is -0.692. The molecule has 0 aliphatic carbocycles. The van der Waals surface area contributed by atoms with Crippen LogP contribution in [0, 0.1) is 0 Å². The van der Waals surface area contributed by atoms with Gasteiger partial charge in [-0.2, -0.15) is 0 Å². The van der Waals surface area contributed by atoms with E-state index >= 15 is 0 Å². The number of amides is 1. The molecule has 0 saturated heterocycles. The van der Waals surface area contributed by atoms with Crippen LogP contribution in [0.25, 0.3) is 0 Å². The highest BCUT2D eigenvalue weighted by Crippen LogP contribution is 2.40. The van der Waals surface area contributed by atoms with Crippen LogP contribution in [0.2, 0.25) is 0 Å². The molecule has 0 fully saturated rings. The first-order valence-corrected chi connectivity index (χ1v) is 9.10. The summed E-state index contributed by atoms with van der Waals surface area (Å²) in [5.74, 6) is -0.441. The molecule has 9 nitrogen and oxygen atoms in total. The van der Waals surface area contributed by atoms with Crippen molar-refractivity contribution in [2.75, 3.05) is 34.0 Å². The third-order valence-corrected chi connectivity index (χ3v) is 4.26. The molecule has 0 radical (unpaired) electrons. The van der Waals surface area contributed by atoms with Gasteiger partial charge >= 0.3 is 11.9 Å². The van der Waals surface area contributed by atoms with E-state index in [2.05, 4.69) is 10.1 Å². The Bertz CT molecular complexity index is 922. The second kappa shape index (κ2) is 9.64. The summed E-state index contributed by atoms with van der Waals surface area (Å²) in [6.07, 6.45) is 0. The first-order chi connectivity index (χ1) is 14.5. The van der Waals surface area contributed by atoms with Gasteiger partial charge in [0.2, 0.25) is 5.75 Å². The van der Waals surface area contributed by atoms with Gasteiger partial charge in [-0.3, -0.25) is 4.79 Å². The van der Waals surface area contributed by atoms with Gasteiger partial charge in [0.05, 0.1) is 25.3 Å². The minimum Gasteiger partial charge on any atom is -0.493 e. The molecular weight excluding hydrogens is 394 g/mol. The largest absolute Gasteiger partial charge is 0.493 e. The molecule has 1 aliphatic rings. The van der Waals surface area contributed by atoms with Gasteiger partial charge in [0.15, 0.2) is 18.1 Å². The van der Waals surface area contributed by atoms with Gasteiger partial charge in [0, 0.05) is 6.54 Å². The molecule has 0 spiro atoms. The normalized spacial score (nSPS) is 11.9. The second-order valence-electron chi connectivity index (χ2n) is 6.24. The highest BCUT2D eigenvalue weighted by atomic mass is 16.6. The van der Waals surface area contributed by atoms with Crippen LogP contribution in [-0.2, 0) is 20.8 Å². The number of fused-ring (bicyclic) bond motifs is 1. The summed E-state index contributed by atoms with van der Waals surface area (Å²) in [7, 11) is 2.76. The fourth-order valence-electron chi connectivity index (χ4n) is 2.73. The molecule has 1 heterocycles. The van der Waals surface area contributed by atoms with Crippen LogP contribution in [0.15, 0.2) is 36.4 Å². The number of hydrogen-bond donors (Lipinski definition) is 1. The van der Waals surface area contributed by atoms with Gasteiger partial charge in [-0.05, 0) is 29.8 Å². The SMILES string of the molecule is COC(=O)c1ccc(CNC(=O)COC(=O)c2cc(OC)c3c(c2)OCCO3)cc1. The van der Waals surface area contributed by atoms with E-state index in [0.717, 1.165) is 5.56 Å². The van der Waals surface area contributed by atoms with Crippen LogP contribution < -0.4 is 19.5 Å². The van der Waals surface area contributed by atoms with Gasteiger partial charge in [-0.1, -0.05) is 12.1 Å². The topological polar surface area (TPSA) is 109 Å². The summed E-state index contributed by atoms with van der Waals surface area (Å²) in [6, 6.07) is 9.54. The third kappa shape index (κ3) is 4.99. The Morgan fingerprint density at radius 3 is 2.40 bits per heavy atom. The number of hydrogen-bond acceptors (Lipinski definition) is 8. The van der Waals surface area contributed by atoms with E-state index < -0.39 is 24.5 Å². The smallest absolute Gasteiger partial charge is 0.338 e. The fourth-order valence-corrected chi connectivity index (χ4v) is 2.73. The summed E-state index contributed by atoms with van der Waals surface area (Å²) in [5.41, 5.74) is 1.37. The molecule has 30 heavy (non-hydrogen) atoms. The molecule has 0 saturated carbocycles. The molecular formula is C21H21NO8. The van der Waals surface area contributed by atoms with Crippen LogP contribution in [0.1, 0.15) is 26.3 Å².